The predicted octanol–water partition coefficient (Wildman–Crippen LogP) is 4.53. The zero-order valence-corrected chi connectivity index (χ0v) is 47.0. The summed E-state index contributed by atoms with van der Waals surface area (Å²) in [5.41, 5.74) is 1.57. The van der Waals surface area contributed by atoms with Gasteiger partial charge in [0.25, 0.3) is 0 Å². The molecule has 17 aliphatic rings. The Labute approximate surface area is 522 Å². The largest absolute Gasteiger partial charge is 0.504 e. The van der Waals surface area contributed by atoms with E-state index in [1.54, 1.807) is 42.5 Å². The third-order valence-electron chi connectivity index (χ3n) is 24.3. The van der Waals surface area contributed by atoms with Crippen LogP contribution < -0.4 is 29.6 Å². The maximum Gasteiger partial charge on any atom is 0.196 e. The lowest BCUT2D eigenvalue weighted by molar-refractivity contribution is -0.166. The normalized spacial score (nSPS) is 40.9. The standard InChI is InChI=1S/C17H15NO4.C17H17NO4.C16H17NO4.C16H15NO4.4CH4/c19-10-2-1-9-7-12-17-4-3-11(20)15-16(17,13(9)14(10)22-15)5-6-18(12)8-21-17;1-18-7-6-16-13-9-2-3-10(19)14(13)22-15(16)11(20)4-5-17(16,21)12(18)8-9;2*18-9-2-1-8-7-11-16(20)4-3-10(19)14-15(16,5-6-17-11)12(8)13(9)21-14;;;;/h1-4,12,15,19H,5-8H2;2-5,12,15,19,21H,6-8H2,1H3;1-2,11,14,17-18,20H,3-7H2;1-4,11,14,17-18,20H,5-7H2;4*1H4/t2*12-,15+,16+,17-;2*11-,14+,15+,16-;;;;/m1111..../s1. The van der Waals surface area contributed by atoms with E-state index >= 15 is 0 Å². The van der Waals surface area contributed by atoms with E-state index in [2.05, 4.69) is 20.4 Å². The molecular weight excluding hydrogens is 1150 g/mol. The number of aliphatic hydroxyl groups is 3. The van der Waals surface area contributed by atoms with E-state index in [1.165, 1.54) is 17.7 Å². The number of Topliss-reactive ketones (excluding diaryl/α,β-unsaturated/α-hetero) is 1. The van der Waals surface area contributed by atoms with Crippen LogP contribution in [0.3, 0.4) is 0 Å². The van der Waals surface area contributed by atoms with Gasteiger partial charge in [0.2, 0.25) is 0 Å². The molecule has 20 nitrogen and oxygen atoms in total. The Bertz CT molecular complexity index is 3940. The van der Waals surface area contributed by atoms with E-state index in [0.717, 1.165) is 78.0 Å². The number of carbonyl (C=O) groups is 4. The molecule has 90 heavy (non-hydrogen) atoms. The first kappa shape index (κ1) is 60.4. The maximum atomic E-state index is 12.5. The molecule has 17 atom stereocenters. The van der Waals surface area contributed by atoms with Gasteiger partial charge in [0.15, 0.2) is 93.5 Å². The second-order valence-electron chi connectivity index (χ2n) is 27.1. The van der Waals surface area contributed by atoms with Crippen LogP contribution in [-0.4, -0.2) is 180 Å². The van der Waals surface area contributed by atoms with Gasteiger partial charge in [0, 0.05) is 59.4 Å². The van der Waals surface area contributed by atoms with Gasteiger partial charge in [-0.05, 0) is 167 Å². The Morgan fingerprint density at radius 3 is 1.49 bits per heavy atom. The molecule has 4 aromatic rings. The van der Waals surface area contributed by atoms with Gasteiger partial charge in [-0.15, -0.1) is 0 Å². The van der Waals surface area contributed by atoms with Gasteiger partial charge < -0.3 is 70.1 Å². The Morgan fingerprint density at radius 2 is 0.911 bits per heavy atom. The van der Waals surface area contributed by atoms with Crippen molar-refractivity contribution >= 4 is 23.1 Å². The maximum absolute atomic E-state index is 12.5. The molecule has 0 radical (unpaired) electrons. The minimum absolute atomic E-state index is 0. The number of nitrogens with zero attached hydrogens (tertiary/aromatic N) is 2. The Kier molecular flexibility index (Phi) is 12.9. The molecule has 9 N–H and O–H groups in total. The van der Waals surface area contributed by atoms with Crippen molar-refractivity contribution < 1.29 is 78.6 Å². The van der Waals surface area contributed by atoms with Crippen molar-refractivity contribution in [2.45, 2.75) is 187 Å². The van der Waals surface area contributed by atoms with Gasteiger partial charge in [0.1, 0.15) is 23.5 Å². The number of phenolic OH excluding ortho intramolecular Hbond substituents is 4. The summed E-state index contributed by atoms with van der Waals surface area (Å²) in [6.07, 6.45) is 13.6. The van der Waals surface area contributed by atoms with Crippen LogP contribution in [0, 0.1) is 0 Å². The fraction of sp³-hybridized carbons (Fsp3) is 0.514. The molecule has 9 aliphatic heterocycles. The van der Waals surface area contributed by atoms with Crippen molar-refractivity contribution in [1.29, 1.82) is 0 Å². The molecular formula is C70H80N4O16. The fourth-order valence-corrected chi connectivity index (χ4v) is 20.8. The molecule has 21 rings (SSSR count). The van der Waals surface area contributed by atoms with E-state index in [-0.39, 0.29) is 100 Å². The number of benzene rings is 4. The van der Waals surface area contributed by atoms with Crippen molar-refractivity contribution in [2.75, 3.05) is 40.0 Å². The summed E-state index contributed by atoms with van der Waals surface area (Å²) in [5, 5.41) is 81.8. The van der Waals surface area contributed by atoms with Gasteiger partial charge in [-0.1, -0.05) is 54.0 Å². The Balaban J connectivity index is 0.000000103. The summed E-state index contributed by atoms with van der Waals surface area (Å²) < 4.78 is 30.0. The smallest absolute Gasteiger partial charge is 0.196 e. The van der Waals surface area contributed by atoms with Crippen LogP contribution in [0.15, 0.2) is 85.0 Å². The summed E-state index contributed by atoms with van der Waals surface area (Å²) in [6, 6.07) is 14.2. The molecule has 1 unspecified atom stereocenters. The van der Waals surface area contributed by atoms with Crippen LogP contribution in [0.4, 0.5) is 0 Å². The minimum atomic E-state index is -1.14. The lowest BCUT2D eigenvalue weighted by Gasteiger charge is -2.60. The van der Waals surface area contributed by atoms with Crippen LogP contribution in [0.2, 0.25) is 0 Å². The zero-order valence-electron chi connectivity index (χ0n) is 47.0. The van der Waals surface area contributed by atoms with Crippen LogP contribution in [0.1, 0.15) is 113 Å². The number of likely N-dealkylation sites (tertiary alicyclic amines) is 1. The molecule has 8 aliphatic carbocycles. The second kappa shape index (κ2) is 19.2. The summed E-state index contributed by atoms with van der Waals surface area (Å²) in [5.74, 6) is 1.76. The average Bonchev–Trinajstić information content (AvgIpc) is 1.47. The van der Waals surface area contributed by atoms with Gasteiger partial charge in [-0.3, -0.25) is 29.0 Å². The number of nitrogens with one attached hydrogen (secondary N) is 2. The molecule has 5 saturated heterocycles. The number of phenols is 4. The van der Waals surface area contributed by atoms with Crippen LogP contribution in [-0.2, 0) is 71.3 Å². The minimum Gasteiger partial charge on any atom is -0.504 e. The highest BCUT2D eigenvalue weighted by molar-refractivity contribution is 6.01. The van der Waals surface area contributed by atoms with Crippen molar-refractivity contribution in [2.24, 2.45) is 0 Å². The van der Waals surface area contributed by atoms with Crippen molar-refractivity contribution in [3.63, 3.8) is 0 Å². The molecule has 0 aromatic heterocycles. The molecule has 5 spiro atoms. The SMILES string of the molecule is C.C.C.C.CN1CC[C@]23c4c5ccc(O)c4O[C@H]2C(=O)C=C[C@@]3(O)[C@H]1C5.O=C1C=C[C@@]2(O)[C@H]3Cc4ccc(O)c5c4[C@@]2(CCN3)[C@H]1O5.O=C1C=C[C@]23OCN4CC[C@@]25c2c(ccc(O)c2O[C@@H]15)C[C@@H]43.O=C1CC[C@@]2(O)[C@H]3Cc4ccc(O)c5c4[C@@]2(CCN3)[C@H]1O5. The fourth-order valence-electron chi connectivity index (χ4n) is 20.8. The topological polar surface area (TPSA) is 287 Å². The van der Waals surface area contributed by atoms with Crippen molar-refractivity contribution in [3.05, 3.63) is 129 Å². The quantitative estimate of drug-likeness (QED) is 0.117. The highest BCUT2D eigenvalue weighted by Gasteiger charge is 2.77. The lowest BCUT2D eigenvalue weighted by atomic mass is 9.49. The number of hydrogen-bond acceptors (Lipinski definition) is 20. The Morgan fingerprint density at radius 1 is 0.478 bits per heavy atom. The first-order valence-corrected chi connectivity index (χ1v) is 30.3. The molecule has 10 bridgehead atoms. The first-order valence-electron chi connectivity index (χ1n) is 30.3. The third-order valence-corrected chi connectivity index (χ3v) is 24.3. The number of carbonyl (C=O) groups excluding carboxylic acids is 4. The van der Waals surface area contributed by atoms with E-state index < -0.39 is 68.5 Å². The molecule has 20 heteroatoms. The summed E-state index contributed by atoms with van der Waals surface area (Å²) >= 11 is 0. The monoisotopic (exact) mass is 1230 g/mol. The van der Waals surface area contributed by atoms with Crippen molar-refractivity contribution in [3.8, 4) is 46.0 Å². The van der Waals surface area contributed by atoms with E-state index in [4.69, 9.17) is 23.7 Å². The molecule has 0 amide bonds. The second-order valence-corrected chi connectivity index (χ2v) is 27.1. The summed E-state index contributed by atoms with van der Waals surface area (Å²) in [4.78, 5) is 54.3. The summed E-state index contributed by atoms with van der Waals surface area (Å²) in [6.45, 7) is 3.79. The van der Waals surface area contributed by atoms with Gasteiger partial charge in [-0.2, -0.15) is 0 Å². The molecule has 4 aromatic carbocycles. The number of likely N-dealkylation sites (N-methyl/N-ethyl adjacent to an activating group) is 1. The van der Waals surface area contributed by atoms with Gasteiger partial charge in [-0.25, -0.2) is 0 Å². The predicted molar refractivity (Wildman–Crippen MR) is 328 cm³/mol. The lowest BCUT2D eigenvalue weighted by Crippen LogP contribution is -2.76. The van der Waals surface area contributed by atoms with E-state index in [1.807, 2.05) is 37.4 Å². The van der Waals surface area contributed by atoms with Crippen LogP contribution in [0.25, 0.3) is 0 Å². The van der Waals surface area contributed by atoms with Crippen LogP contribution >= 0.6 is 0 Å². The zero-order chi connectivity index (χ0) is 58.8. The number of ketones is 4. The first-order chi connectivity index (χ1) is 41.3. The molecule has 9 heterocycles. The summed E-state index contributed by atoms with van der Waals surface area (Å²) in [7, 11) is 2.01. The number of hydrogen-bond donors (Lipinski definition) is 9. The molecule has 1 saturated carbocycles. The number of ether oxygens (including phenoxy) is 5. The molecule has 476 valence electrons. The molecule has 6 fully saturated rings. The van der Waals surface area contributed by atoms with E-state index in [0.29, 0.717) is 81.1 Å². The van der Waals surface area contributed by atoms with Gasteiger partial charge >= 0.3 is 0 Å². The number of rotatable bonds is 0. The highest BCUT2D eigenvalue weighted by Crippen LogP contribution is 2.69. The average molecular weight is 1230 g/mol. The van der Waals surface area contributed by atoms with E-state index in [9.17, 15) is 54.9 Å². The number of piperidine rings is 4. The highest BCUT2D eigenvalue weighted by atomic mass is 16.5. The van der Waals surface area contributed by atoms with Gasteiger partial charge in [0.05, 0.1) is 27.3 Å². The Hall–Kier alpha value is -7.14. The number of aromatic hydroxyl groups is 4. The van der Waals surface area contributed by atoms with Crippen molar-refractivity contribution in [1.82, 2.24) is 20.4 Å². The van der Waals surface area contributed by atoms with Crippen LogP contribution in [0.5, 0.6) is 46.0 Å². The third kappa shape index (κ3) is 6.54.